The fraction of sp³-hybridized carbons (Fsp3) is 0.500. The van der Waals surface area contributed by atoms with Gasteiger partial charge in [-0.3, -0.25) is 0 Å². The number of amides is 1. The topological polar surface area (TPSA) is 72.5 Å². The molecule has 1 spiro atoms. The van der Waals surface area contributed by atoms with Crippen molar-refractivity contribution in [1.29, 1.82) is 0 Å². The second-order valence-corrected chi connectivity index (χ2v) is 7.91. The van der Waals surface area contributed by atoms with E-state index >= 15 is 0 Å². The third-order valence-corrected chi connectivity index (χ3v) is 6.05. The van der Waals surface area contributed by atoms with Crippen molar-refractivity contribution in [2.75, 3.05) is 11.5 Å². The minimum Gasteiger partial charge on any atom is -0.445 e. The molecule has 2 aliphatic rings. The Kier molecular flexibility index (Phi) is 3.20. The van der Waals surface area contributed by atoms with Crippen LogP contribution in [-0.2, 0) is 21.2 Å². The summed E-state index contributed by atoms with van der Waals surface area (Å²) in [6.07, 6.45) is 1.05. The molecule has 1 heterocycles. The lowest BCUT2D eigenvalue weighted by Gasteiger charge is -2.52. The first-order valence-electron chi connectivity index (χ1n) is 6.64. The fourth-order valence-electron chi connectivity index (χ4n) is 3.15. The van der Waals surface area contributed by atoms with Gasteiger partial charge in [-0.05, 0) is 18.4 Å². The highest BCUT2D eigenvalue weighted by Crippen LogP contribution is 2.49. The highest BCUT2D eigenvalue weighted by Gasteiger charge is 2.56. The first-order chi connectivity index (χ1) is 9.46. The molecule has 20 heavy (non-hydrogen) atoms. The summed E-state index contributed by atoms with van der Waals surface area (Å²) in [4.78, 5) is 11.6. The molecule has 2 fully saturated rings. The second-order valence-electron chi connectivity index (χ2n) is 5.84. The highest BCUT2D eigenvalue weighted by molar-refractivity contribution is 7.92. The van der Waals surface area contributed by atoms with E-state index < -0.39 is 15.9 Å². The molecule has 0 bridgehead atoms. The molecule has 0 atom stereocenters. The van der Waals surface area contributed by atoms with E-state index in [-0.39, 0.29) is 29.6 Å². The molecule has 1 saturated heterocycles. The molecule has 1 aliphatic carbocycles. The van der Waals surface area contributed by atoms with Gasteiger partial charge in [0, 0.05) is 11.5 Å². The molecule has 1 N–H and O–H groups in total. The van der Waals surface area contributed by atoms with Crippen LogP contribution in [0.2, 0.25) is 0 Å². The van der Waals surface area contributed by atoms with Gasteiger partial charge < -0.3 is 10.1 Å². The van der Waals surface area contributed by atoms with E-state index in [1.807, 2.05) is 30.3 Å². The monoisotopic (exact) mass is 295 g/mol. The van der Waals surface area contributed by atoms with Gasteiger partial charge in [-0.25, -0.2) is 13.2 Å². The quantitative estimate of drug-likeness (QED) is 0.917. The van der Waals surface area contributed by atoms with Crippen molar-refractivity contribution < 1.29 is 17.9 Å². The lowest BCUT2D eigenvalue weighted by Crippen LogP contribution is -2.62. The molecule has 3 rings (SSSR count). The van der Waals surface area contributed by atoms with E-state index in [4.69, 9.17) is 4.74 Å². The number of alkyl carbamates (subject to hydrolysis) is 1. The van der Waals surface area contributed by atoms with Crippen molar-refractivity contribution in [2.24, 2.45) is 5.41 Å². The third-order valence-electron chi connectivity index (χ3n) is 3.95. The van der Waals surface area contributed by atoms with Gasteiger partial charge in [0.05, 0.1) is 11.5 Å². The summed E-state index contributed by atoms with van der Waals surface area (Å²) < 4.78 is 27.5. The molecular formula is C14H17NO4S. The maximum atomic E-state index is 11.6. The van der Waals surface area contributed by atoms with E-state index in [1.54, 1.807) is 0 Å². The zero-order chi connectivity index (χ0) is 14.2. The largest absolute Gasteiger partial charge is 0.445 e. The molecular weight excluding hydrogens is 278 g/mol. The molecule has 0 radical (unpaired) electrons. The van der Waals surface area contributed by atoms with Crippen LogP contribution in [0.15, 0.2) is 30.3 Å². The maximum absolute atomic E-state index is 11.6. The van der Waals surface area contributed by atoms with E-state index in [1.165, 1.54) is 0 Å². The van der Waals surface area contributed by atoms with Crippen LogP contribution in [-0.4, -0.2) is 32.1 Å². The molecule has 1 saturated carbocycles. The Balaban J connectivity index is 1.39. The van der Waals surface area contributed by atoms with Crippen LogP contribution in [0.4, 0.5) is 4.79 Å². The number of carbonyl (C=O) groups is 1. The average molecular weight is 295 g/mol. The Hall–Kier alpha value is -1.56. The van der Waals surface area contributed by atoms with Crippen LogP contribution in [0, 0.1) is 5.41 Å². The van der Waals surface area contributed by atoms with Crippen LogP contribution in [0.1, 0.15) is 18.4 Å². The Labute approximate surface area is 118 Å². The number of sulfone groups is 1. The minimum absolute atomic E-state index is 0.0498. The summed E-state index contributed by atoms with van der Waals surface area (Å²) in [5.41, 5.74) is 0.883. The van der Waals surface area contributed by atoms with Gasteiger partial charge >= 0.3 is 6.09 Å². The molecule has 0 unspecified atom stereocenters. The van der Waals surface area contributed by atoms with Crippen LogP contribution in [0.3, 0.4) is 0 Å². The standard InChI is InChI=1S/C14H17NO4S/c16-13(19-8-11-4-2-1-3-5-11)15-12-6-14(7-12)9-20(17,18)10-14/h1-5,12H,6-10H2,(H,15,16). The smallest absolute Gasteiger partial charge is 0.407 e. The normalized spacial score (nSPS) is 22.6. The summed E-state index contributed by atoms with van der Waals surface area (Å²) in [6, 6.07) is 9.53. The summed E-state index contributed by atoms with van der Waals surface area (Å²) in [5.74, 6) is 0.550. The van der Waals surface area contributed by atoms with Gasteiger partial charge in [-0.15, -0.1) is 0 Å². The first kappa shape index (κ1) is 13.4. The molecule has 5 nitrogen and oxygen atoms in total. The Morgan fingerprint density at radius 2 is 1.90 bits per heavy atom. The minimum atomic E-state index is -2.79. The molecule has 1 aromatic carbocycles. The zero-order valence-corrected chi connectivity index (χ0v) is 11.9. The van der Waals surface area contributed by atoms with Crippen molar-refractivity contribution >= 4 is 15.9 Å². The van der Waals surface area contributed by atoms with Crippen LogP contribution < -0.4 is 5.32 Å². The average Bonchev–Trinajstić information content (AvgIpc) is 2.33. The van der Waals surface area contributed by atoms with Crippen LogP contribution in [0.25, 0.3) is 0 Å². The summed E-state index contributed by atoms with van der Waals surface area (Å²) in [5, 5.41) is 2.78. The van der Waals surface area contributed by atoms with E-state index in [0.29, 0.717) is 0 Å². The van der Waals surface area contributed by atoms with Crippen molar-refractivity contribution in [3.8, 4) is 0 Å². The van der Waals surface area contributed by atoms with Gasteiger partial charge in [0.15, 0.2) is 9.84 Å². The number of rotatable bonds is 3. The van der Waals surface area contributed by atoms with Crippen molar-refractivity contribution in [2.45, 2.75) is 25.5 Å². The summed E-state index contributed by atoms with van der Waals surface area (Å²) in [6.45, 7) is 0.249. The van der Waals surface area contributed by atoms with Gasteiger partial charge in [0.1, 0.15) is 6.61 Å². The molecule has 108 valence electrons. The lowest BCUT2D eigenvalue weighted by molar-refractivity contribution is 0.0911. The number of hydrogen-bond acceptors (Lipinski definition) is 4. The Morgan fingerprint density at radius 3 is 2.50 bits per heavy atom. The first-order valence-corrected chi connectivity index (χ1v) is 8.46. The summed E-state index contributed by atoms with van der Waals surface area (Å²) in [7, 11) is -2.79. The molecule has 1 aliphatic heterocycles. The number of nitrogens with one attached hydrogen (secondary N) is 1. The molecule has 1 amide bonds. The van der Waals surface area contributed by atoms with Crippen LogP contribution >= 0.6 is 0 Å². The fourth-order valence-corrected chi connectivity index (χ4v) is 5.40. The number of benzene rings is 1. The predicted molar refractivity (Wildman–Crippen MR) is 73.9 cm³/mol. The second kappa shape index (κ2) is 4.77. The van der Waals surface area contributed by atoms with E-state index in [9.17, 15) is 13.2 Å². The number of carbonyl (C=O) groups excluding carboxylic acids is 1. The van der Waals surface area contributed by atoms with Crippen molar-refractivity contribution in [1.82, 2.24) is 5.32 Å². The van der Waals surface area contributed by atoms with Gasteiger partial charge in [0.2, 0.25) is 0 Å². The SMILES string of the molecule is O=C(NC1CC2(C1)CS(=O)(=O)C2)OCc1ccccc1. The van der Waals surface area contributed by atoms with E-state index in [0.717, 1.165) is 18.4 Å². The van der Waals surface area contributed by atoms with Crippen molar-refractivity contribution in [3.05, 3.63) is 35.9 Å². The molecule has 6 heteroatoms. The highest BCUT2D eigenvalue weighted by atomic mass is 32.2. The third kappa shape index (κ3) is 2.80. The van der Waals surface area contributed by atoms with Crippen molar-refractivity contribution in [3.63, 3.8) is 0 Å². The summed E-state index contributed by atoms with van der Waals surface area (Å²) >= 11 is 0. The predicted octanol–water partition coefficient (Wildman–Crippen LogP) is 1.49. The lowest BCUT2D eigenvalue weighted by atomic mass is 9.67. The Bertz CT molecular complexity index is 591. The van der Waals surface area contributed by atoms with E-state index in [2.05, 4.69) is 5.32 Å². The molecule has 1 aromatic rings. The zero-order valence-electron chi connectivity index (χ0n) is 11.0. The van der Waals surface area contributed by atoms with Gasteiger partial charge in [-0.1, -0.05) is 30.3 Å². The number of hydrogen-bond donors (Lipinski definition) is 1. The van der Waals surface area contributed by atoms with Crippen LogP contribution in [0.5, 0.6) is 0 Å². The Morgan fingerprint density at radius 1 is 1.25 bits per heavy atom. The maximum Gasteiger partial charge on any atom is 0.407 e. The molecule has 0 aromatic heterocycles. The van der Waals surface area contributed by atoms with Gasteiger partial charge in [-0.2, -0.15) is 0 Å². The number of ether oxygens (including phenoxy) is 1. The van der Waals surface area contributed by atoms with Gasteiger partial charge in [0.25, 0.3) is 0 Å².